The Morgan fingerprint density at radius 1 is 1.19 bits per heavy atom. The van der Waals surface area contributed by atoms with Crippen LogP contribution in [0.2, 0.25) is 0 Å². The van der Waals surface area contributed by atoms with Crippen molar-refractivity contribution in [1.29, 1.82) is 0 Å². The van der Waals surface area contributed by atoms with E-state index in [9.17, 15) is 0 Å². The van der Waals surface area contributed by atoms with Gasteiger partial charge in [0, 0.05) is 12.0 Å². The molecule has 0 saturated heterocycles. The van der Waals surface area contributed by atoms with E-state index in [2.05, 4.69) is 24.1 Å². The molecule has 4 bridgehead atoms. The molecule has 3 heteroatoms. The monoisotopic (exact) mass is 288 g/mol. The topological polar surface area (TPSA) is 38.1 Å². The van der Waals surface area contributed by atoms with Crippen molar-refractivity contribution in [3.8, 4) is 0 Å². The Bertz CT molecular complexity index is 470. The summed E-state index contributed by atoms with van der Waals surface area (Å²) < 4.78 is 5.96. The molecule has 0 amide bonds. The molecular formula is C18H28N2O. The van der Waals surface area contributed by atoms with E-state index >= 15 is 0 Å². The molecule has 4 aliphatic carbocycles. The first-order valence-corrected chi connectivity index (χ1v) is 8.78. The molecule has 5 rings (SSSR count). The Morgan fingerprint density at radius 3 is 2.38 bits per heavy atom. The number of hydrogen-bond donors (Lipinski definition) is 1. The second kappa shape index (κ2) is 5.12. The summed E-state index contributed by atoms with van der Waals surface area (Å²) in [6, 6.07) is 0. The van der Waals surface area contributed by atoms with Gasteiger partial charge in [0.05, 0.1) is 5.69 Å². The molecule has 0 atom stereocenters. The maximum absolute atomic E-state index is 5.96. The molecule has 1 N–H and O–H groups in total. The number of aromatic nitrogens is 1. The van der Waals surface area contributed by atoms with Gasteiger partial charge in [-0.2, -0.15) is 0 Å². The molecule has 0 radical (unpaired) electrons. The smallest absolute Gasteiger partial charge is 0.181 e. The van der Waals surface area contributed by atoms with E-state index in [4.69, 9.17) is 4.42 Å². The Hall–Kier alpha value is -0.830. The summed E-state index contributed by atoms with van der Waals surface area (Å²) in [6.45, 7) is 6.41. The SMILES string of the molecule is CC(C)CNCc1ncoc1C12CC3CC(CC(C3)C1)C2. The van der Waals surface area contributed by atoms with E-state index in [1.54, 1.807) is 6.39 Å². The van der Waals surface area contributed by atoms with Gasteiger partial charge in [-0.05, 0) is 68.7 Å². The van der Waals surface area contributed by atoms with Crippen molar-refractivity contribution < 1.29 is 4.42 Å². The lowest BCUT2D eigenvalue weighted by atomic mass is 9.49. The van der Waals surface area contributed by atoms with Crippen molar-refractivity contribution in [3.63, 3.8) is 0 Å². The third kappa shape index (κ3) is 2.44. The zero-order valence-electron chi connectivity index (χ0n) is 13.4. The predicted octanol–water partition coefficient (Wildman–Crippen LogP) is 3.89. The van der Waals surface area contributed by atoms with Gasteiger partial charge in [-0.1, -0.05) is 13.8 Å². The number of nitrogens with one attached hydrogen (secondary N) is 1. The van der Waals surface area contributed by atoms with Crippen LogP contribution in [0.3, 0.4) is 0 Å². The van der Waals surface area contributed by atoms with Crippen LogP contribution in [0.5, 0.6) is 0 Å². The zero-order chi connectivity index (χ0) is 14.4. The molecule has 1 aromatic heterocycles. The van der Waals surface area contributed by atoms with Gasteiger partial charge < -0.3 is 9.73 Å². The predicted molar refractivity (Wildman–Crippen MR) is 82.9 cm³/mol. The van der Waals surface area contributed by atoms with Gasteiger partial charge in [0.1, 0.15) is 5.76 Å². The molecule has 0 aromatic carbocycles. The molecule has 0 spiro atoms. The van der Waals surface area contributed by atoms with Crippen LogP contribution in [0.25, 0.3) is 0 Å². The second-order valence-electron chi connectivity index (χ2n) is 8.35. The summed E-state index contributed by atoms with van der Waals surface area (Å²) >= 11 is 0. The van der Waals surface area contributed by atoms with E-state index in [-0.39, 0.29) is 0 Å². The van der Waals surface area contributed by atoms with E-state index in [0.29, 0.717) is 11.3 Å². The fourth-order valence-corrected chi connectivity index (χ4v) is 5.69. The number of rotatable bonds is 5. The Morgan fingerprint density at radius 2 is 1.81 bits per heavy atom. The van der Waals surface area contributed by atoms with Crippen LogP contribution in [0.1, 0.15) is 63.8 Å². The highest BCUT2D eigenvalue weighted by atomic mass is 16.3. The van der Waals surface area contributed by atoms with Crippen LogP contribution in [0, 0.1) is 23.7 Å². The van der Waals surface area contributed by atoms with Crippen LogP contribution >= 0.6 is 0 Å². The van der Waals surface area contributed by atoms with Gasteiger partial charge in [0.25, 0.3) is 0 Å². The molecular weight excluding hydrogens is 260 g/mol. The van der Waals surface area contributed by atoms with Crippen LogP contribution in [-0.4, -0.2) is 11.5 Å². The van der Waals surface area contributed by atoms with E-state index in [1.165, 1.54) is 50.0 Å². The molecule has 4 saturated carbocycles. The van der Waals surface area contributed by atoms with Gasteiger partial charge >= 0.3 is 0 Å². The summed E-state index contributed by atoms with van der Waals surface area (Å²) in [5, 5.41) is 3.54. The summed E-state index contributed by atoms with van der Waals surface area (Å²) in [4.78, 5) is 4.54. The Balaban J connectivity index is 1.55. The van der Waals surface area contributed by atoms with Gasteiger partial charge in [-0.3, -0.25) is 0 Å². The highest BCUT2D eigenvalue weighted by Crippen LogP contribution is 2.61. The van der Waals surface area contributed by atoms with Crippen molar-refractivity contribution in [3.05, 3.63) is 17.8 Å². The first-order valence-electron chi connectivity index (χ1n) is 8.78. The van der Waals surface area contributed by atoms with Crippen LogP contribution in [0.15, 0.2) is 10.8 Å². The summed E-state index contributed by atoms with van der Waals surface area (Å²) in [5.74, 6) is 4.78. The second-order valence-corrected chi connectivity index (χ2v) is 8.35. The summed E-state index contributed by atoms with van der Waals surface area (Å²) in [5.41, 5.74) is 1.51. The average Bonchev–Trinajstić information content (AvgIpc) is 2.85. The third-order valence-electron chi connectivity index (χ3n) is 6.01. The maximum atomic E-state index is 5.96. The van der Waals surface area contributed by atoms with Crippen molar-refractivity contribution in [2.45, 2.75) is 64.3 Å². The van der Waals surface area contributed by atoms with Crippen molar-refractivity contribution in [1.82, 2.24) is 10.3 Å². The molecule has 1 heterocycles. The number of nitrogens with zero attached hydrogens (tertiary/aromatic N) is 1. The first kappa shape index (κ1) is 13.8. The third-order valence-corrected chi connectivity index (χ3v) is 6.01. The van der Waals surface area contributed by atoms with Crippen LogP contribution in [0.4, 0.5) is 0 Å². The van der Waals surface area contributed by atoms with Crippen LogP contribution < -0.4 is 5.32 Å². The fourth-order valence-electron chi connectivity index (χ4n) is 5.69. The van der Waals surface area contributed by atoms with Gasteiger partial charge in [-0.25, -0.2) is 4.98 Å². The molecule has 4 fully saturated rings. The highest BCUT2D eigenvalue weighted by Gasteiger charge is 2.53. The minimum absolute atomic E-state index is 0.333. The minimum Gasteiger partial charge on any atom is -0.448 e. The first-order chi connectivity index (χ1) is 10.1. The van der Waals surface area contributed by atoms with Crippen molar-refractivity contribution in [2.24, 2.45) is 23.7 Å². The molecule has 0 unspecified atom stereocenters. The zero-order valence-corrected chi connectivity index (χ0v) is 13.4. The van der Waals surface area contributed by atoms with E-state index in [1.807, 2.05) is 0 Å². The normalized spacial score (nSPS) is 37.6. The summed E-state index contributed by atoms with van der Waals surface area (Å²) in [7, 11) is 0. The maximum Gasteiger partial charge on any atom is 0.181 e. The minimum atomic E-state index is 0.333. The average molecular weight is 288 g/mol. The van der Waals surface area contributed by atoms with Gasteiger partial charge in [-0.15, -0.1) is 0 Å². The number of hydrogen-bond acceptors (Lipinski definition) is 3. The standard InChI is InChI=1S/C18H28N2O/c1-12(2)9-19-10-16-17(21-11-20-16)18-6-13-3-14(7-18)5-15(4-13)8-18/h11-15,19H,3-10H2,1-2H3. The molecule has 3 nitrogen and oxygen atoms in total. The van der Waals surface area contributed by atoms with Crippen molar-refractivity contribution >= 4 is 0 Å². The molecule has 0 aliphatic heterocycles. The fraction of sp³-hybridized carbons (Fsp3) is 0.833. The number of oxazole rings is 1. The lowest BCUT2D eigenvalue weighted by Crippen LogP contribution is -2.48. The van der Waals surface area contributed by atoms with Gasteiger partial charge in [0.15, 0.2) is 6.39 Å². The van der Waals surface area contributed by atoms with E-state index in [0.717, 1.165) is 30.8 Å². The highest BCUT2D eigenvalue weighted by molar-refractivity contribution is 5.24. The molecule has 116 valence electrons. The molecule has 21 heavy (non-hydrogen) atoms. The molecule has 4 aliphatic rings. The molecule has 1 aromatic rings. The Labute approximate surface area is 127 Å². The summed E-state index contributed by atoms with van der Waals surface area (Å²) in [6.07, 6.45) is 10.2. The van der Waals surface area contributed by atoms with E-state index < -0.39 is 0 Å². The lowest BCUT2D eigenvalue weighted by molar-refractivity contribution is -0.0157. The Kier molecular flexibility index (Phi) is 3.36. The van der Waals surface area contributed by atoms with Crippen LogP contribution in [-0.2, 0) is 12.0 Å². The lowest BCUT2D eigenvalue weighted by Gasteiger charge is -2.56. The van der Waals surface area contributed by atoms with Gasteiger partial charge in [0.2, 0.25) is 0 Å². The van der Waals surface area contributed by atoms with Crippen molar-refractivity contribution in [2.75, 3.05) is 6.54 Å². The quantitative estimate of drug-likeness (QED) is 0.893. The largest absolute Gasteiger partial charge is 0.448 e.